The number of likely N-dealkylation sites (tertiary alicyclic amines) is 2. The first-order chi connectivity index (χ1) is 22.4. The molecule has 0 atom stereocenters. The molecule has 1 aromatic carbocycles. The molecule has 0 aliphatic carbocycles. The average Bonchev–Trinajstić information content (AvgIpc) is 3.64. The molecule has 0 spiro atoms. The third-order valence-electron chi connectivity index (χ3n) is 9.81. The number of aryl methyl sites for hydroxylation is 1. The van der Waals surface area contributed by atoms with Crippen LogP contribution in [0, 0.1) is 11.7 Å². The van der Waals surface area contributed by atoms with Gasteiger partial charge in [-0.05, 0) is 83.0 Å². The lowest BCUT2D eigenvalue weighted by molar-refractivity contribution is -0.129. The zero-order valence-corrected chi connectivity index (χ0v) is 28.5. The number of carbonyl (C=O) groups is 2. The number of rotatable bonds is 7. The van der Waals surface area contributed by atoms with Gasteiger partial charge < -0.3 is 24.8 Å². The van der Waals surface area contributed by atoms with Crippen molar-refractivity contribution in [2.24, 2.45) is 13.0 Å². The number of halogens is 1. The second kappa shape index (κ2) is 13.7. The van der Waals surface area contributed by atoms with E-state index in [0.29, 0.717) is 30.5 Å². The summed E-state index contributed by atoms with van der Waals surface area (Å²) in [5.41, 5.74) is 3.63. The Hall–Kier alpha value is -3.93. The van der Waals surface area contributed by atoms with E-state index in [9.17, 15) is 9.59 Å². The van der Waals surface area contributed by atoms with E-state index in [1.54, 1.807) is 23.9 Å². The summed E-state index contributed by atoms with van der Waals surface area (Å²) in [6.07, 6.45) is 9.29. The van der Waals surface area contributed by atoms with Gasteiger partial charge in [0, 0.05) is 76.1 Å². The Labute approximate surface area is 277 Å². The van der Waals surface area contributed by atoms with E-state index in [1.165, 1.54) is 6.07 Å². The van der Waals surface area contributed by atoms with Crippen LogP contribution < -0.4 is 5.32 Å². The van der Waals surface area contributed by atoms with Gasteiger partial charge in [-0.2, -0.15) is 10.2 Å². The summed E-state index contributed by atoms with van der Waals surface area (Å²) in [5.74, 6) is 0.920. The third kappa shape index (κ3) is 7.80. The molecule has 2 aromatic heterocycles. The number of nitrogens with zero attached hydrogens (tertiary/aromatic N) is 7. The summed E-state index contributed by atoms with van der Waals surface area (Å²) in [5, 5.41) is 12.5. The monoisotopic (exact) mass is 648 g/mol. The lowest BCUT2D eigenvalue weighted by atomic mass is 9.93. The first-order valence-electron chi connectivity index (χ1n) is 17.0. The zero-order chi connectivity index (χ0) is 33.3. The summed E-state index contributed by atoms with van der Waals surface area (Å²) in [4.78, 5) is 31.0. The number of ether oxygens (including phenoxy) is 1. The van der Waals surface area contributed by atoms with Gasteiger partial charge in [0.15, 0.2) is 5.82 Å². The van der Waals surface area contributed by atoms with Crippen LogP contribution in [0.3, 0.4) is 0 Å². The maximum Gasteiger partial charge on any atom is 0.410 e. The lowest BCUT2D eigenvalue weighted by Gasteiger charge is -2.36. The number of amides is 2. The van der Waals surface area contributed by atoms with Gasteiger partial charge in [-0.1, -0.05) is 6.07 Å². The molecule has 0 bridgehead atoms. The quantitative estimate of drug-likeness (QED) is 0.349. The van der Waals surface area contributed by atoms with Gasteiger partial charge in [0.25, 0.3) is 0 Å². The average molecular weight is 649 g/mol. The van der Waals surface area contributed by atoms with Gasteiger partial charge in [0.2, 0.25) is 5.91 Å². The van der Waals surface area contributed by atoms with Crippen LogP contribution in [0.4, 0.5) is 20.7 Å². The fourth-order valence-electron chi connectivity index (χ4n) is 7.09. The molecule has 2 fully saturated rings. The van der Waals surface area contributed by atoms with Crippen molar-refractivity contribution < 1.29 is 18.7 Å². The van der Waals surface area contributed by atoms with E-state index < -0.39 is 5.60 Å². The van der Waals surface area contributed by atoms with Crippen molar-refractivity contribution in [3.8, 4) is 11.1 Å². The SMILES string of the molecule is CC(=O)N1CCc2c(c(Nc3ccc(-c4cnn(C)c4)cc3F)nn2C2CCN(CCC3CCN(C(=O)OC(C)(C)C)CC3)CC2)C1. The standard InChI is InChI=1S/C35H49FN8O3/c1-24(45)43-19-13-32-29(23-43)33(38-31-7-6-26(20-30(31)36)27-21-37-40(5)22-27)39-44(32)28-11-15-41(16-12-28)14-8-25-9-17-42(18-10-25)34(46)47-35(2,3)4/h6-7,20-22,25,28H,8-19,23H2,1-5H3,(H,38,39). The molecule has 0 radical (unpaired) electrons. The smallest absolute Gasteiger partial charge is 0.410 e. The molecule has 11 nitrogen and oxygen atoms in total. The summed E-state index contributed by atoms with van der Waals surface area (Å²) < 4.78 is 24.8. The molecular weight excluding hydrogens is 599 g/mol. The molecular formula is C35H49FN8O3. The Morgan fingerprint density at radius 1 is 1.02 bits per heavy atom. The molecule has 5 heterocycles. The van der Waals surface area contributed by atoms with Crippen LogP contribution in [0.15, 0.2) is 30.6 Å². The molecule has 1 N–H and O–H groups in total. The van der Waals surface area contributed by atoms with Gasteiger partial charge in [0.05, 0.1) is 24.5 Å². The molecule has 47 heavy (non-hydrogen) atoms. The minimum Gasteiger partial charge on any atom is -0.444 e. The van der Waals surface area contributed by atoms with Crippen molar-refractivity contribution in [1.82, 2.24) is 34.3 Å². The number of carbonyl (C=O) groups excluding carboxylic acids is 2. The Morgan fingerprint density at radius 2 is 1.77 bits per heavy atom. The van der Waals surface area contributed by atoms with Gasteiger partial charge in [-0.15, -0.1) is 0 Å². The predicted molar refractivity (Wildman–Crippen MR) is 179 cm³/mol. The number of benzene rings is 1. The molecule has 3 aromatic rings. The molecule has 2 amide bonds. The fraction of sp³-hybridized carbons (Fsp3) is 0.600. The minimum absolute atomic E-state index is 0.0326. The van der Waals surface area contributed by atoms with Crippen LogP contribution in [0.1, 0.15) is 77.1 Å². The molecule has 0 saturated carbocycles. The highest BCUT2D eigenvalue weighted by molar-refractivity contribution is 5.74. The second-order valence-electron chi connectivity index (χ2n) is 14.4. The summed E-state index contributed by atoms with van der Waals surface area (Å²) in [6.45, 7) is 13.0. The summed E-state index contributed by atoms with van der Waals surface area (Å²) >= 11 is 0. The van der Waals surface area contributed by atoms with Crippen LogP contribution in [-0.4, -0.2) is 91.1 Å². The van der Waals surface area contributed by atoms with E-state index in [-0.39, 0.29) is 23.9 Å². The van der Waals surface area contributed by atoms with E-state index in [2.05, 4.69) is 20.0 Å². The number of hydrogen-bond acceptors (Lipinski definition) is 7. The minimum atomic E-state index is -0.465. The first kappa shape index (κ1) is 33.0. The van der Waals surface area contributed by atoms with Gasteiger partial charge in [-0.3, -0.25) is 14.2 Å². The van der Waals surface area contributed by atoms with E-state index in [1.807, 2.05) is 49.9 Å². The molecule has 0 unspecified atom stereocenters. The molecule has 254 valence electrons. The van der Waals surface area contributed by atoms with Crippen LogP contribution in [0.5, 0.6) is 0 Å². The van der Waals surface area contributed by atoms with Crippen molar-refractivity contribution >= 4 is 23.5 Å². The Morgan fingerprint density at radius 3 is 2.40 bits per heavy atom. The highest BCUT2D eigenvalue weighted by Crippen LogP contribution is 2.35. The van der Waals surface area contributed by atoms with Crippen LogP contribution in [-0.2, 0) is 29.5 Å². The number of anilines is 2. The number of aromatic nitrogens is 4. The van der Waals surface area contributed by atoms with Crippen molar-refractivity contribution in [1.29, 1.82) is 0 Å². The maximum absolute atomic E-state index is 15.4. The van der Waals surface area contributed by atoms with Gasteiger partial charge >= 0.3 is 6.09 Å². The Bertz CT molecular complexity index is 1580. The number of piperidine rings is 2. The predicted octanol–water partition coefficient (Wildman–Crippen LogP) is 5.75. The van der Waals surface area contributed by atoms with Crippen LogP contribution in [0.2, 0.25) is 0 Å². The lowest BCUT2D eigenvalue weighted by Crippen LogP contribution is -2.42. The number of hydrogen-bond donors (Lipinski definition) is 1. The van der Waals surface area contributed by atoms with E-state index in [4.69, 9.17) is 9.84 Å². The molecule has 2 saturated heterocycles. The Kier molecular flexibility index (Phi) is 9.59. The third-order valence-corrected chi connectivity index (χ3v) is 9.81. The maximum atomic E-state index is 15.4. The Balaban J connectivity index is 1.07. The normalized spacial score (nSPS) is 18.3. The highest BCUT2D eigenvalue weighted by atomic mass is 19.1. The zero-order valence-electron chi connectivity index (χ0n) is 28.5. The van der Waals surface area contributed by atoms with Gasteiger partial charge in [-0.25, -0.2) is 9.18 Å². The molecule has 12 heteroatoms. The first-order valence-corrected chi connectivity index (χ1v) is 17.0. The number of nitrogens with one attached hydrogen (secondary N) is 1. The van der Waals surface area contributed by atoms with Crippen molar-refractivity contribution in [3.63, 3.8) is 0 Å². The van der Waals surface area contributed by atoms with Crippen molar-refractivity contribution in [3.05, 3.63) is 47.7 Å². The van der Waals surface area contributed by atoms with E-state index in [0.717, 1.165) is 93.6 Å². The van der Waals surface area contributed by atoms with Gasteiger partial charge in [0.1, 0.15) is 11.4 Å². The van der Waals surface area contributed by atoms with Crippen molar-refractivity contribution in [2.75, 3.05) is 44.6 Å². The topological polar surface area (TPSA) is 101 Å². The number of fused-ring (bicyclic) bond motifs is 1. The largest absolute Gasteiger partial charge is 0.444 e. The van der Waals surface area contributed by atoms with Crippen LogP contribution >= 0.6 is 0 Å². The second-order valence-corrected chi connectivity index (χ2v) is 14.4. The summed E-state index contributed by atoms with van der Waals surface area (Å²) in [6, 6.07) is 5.40. The fourth-order valence-corrected chi connectivity index (χ4v) is 7.09. The molecule has 6 rings (SSSR count). The van der Waals surface area contributed by atoms with Crippen LogP contribution in [0.25, 0.3) is 11.1 Å². The van der Waals surface area contributed by atoms with Crippen molar-refractivity contribution in [2.45, 2.75) is 84.4 Å². The molecule has 3 aliphatic rings. The summed E-state index contributed by atoms with van der Waals surface area (Å²) in [7, 11) is 1.84. The van der Waals surface area contributed by atoms with E-state index >= 15 is 4.39 Å². The highest BCUT2D eigenvalue weighted by Gasteiger charge is 2.32. The molecule has 3 aliphatic heterocycles.